The number of aryl methyl sites for hydroxylation is 2. The monoisotopic (exact) mass is 1450 g/mol. The van der Waals surface area contributed by atoms with Gasteiger partial charge >= 0.3 is 5.97 Å². The van der Waals surface area contributed by atoms with Crippen LogP contribution in [-0.2, 0) is 0 Å². The summed E-state index contributed by atoms with van der Waals surface area (Å²) < 4.78 is 29.9. The number of unbranched alkanes of at least 4 members (excludes halogenated alkanes) is 20. The number of nitrogens with one attached hydrogen (secondary N) is 2. The summed E-state index contributed by atoms with van der Waals surface area (Å²) in [5.74, 6) is 9.19. The molecule has 2 aliphatic rings. The second-order valence-electron chi connectivity index (χ2n) is 28.3. The molecule has 0 saturated heterocycles. The molecule has 12 rings (SSSR count). The molecule has 0 fully saturated rings. The van der Waals surface area contributed by atoms with Crippen molar-refractivity contribution < 1.29 is 28.8 Å². The molecule has 0 spiro atoms. The summed E-state index contributed by atoms with van der Waals surface area (Å²) in [5, 5.41) is 9.94. The number of hydrogen-bond donors (Lipinski definition) is 3. The number of hydrogen-bond acceptors (Lipinski definition) is 10. The number of aromatic amines is 2. The number of fused-ring (bicyclic) bond motifs is 9. The number of anilines is 3. The molecular formula is C93H105N5O6S2. The first kappa shape index (κ1) is 76.1. The van der Waals surface area contributed by atoms with Crippen molar-refractivity contribution in [1.82, 2.24) is 19.9 Å². The first-order valence-corrected chi connectivity index (χ1v) is 41.0. The third kappa shape index (κ3) is 19.5. The molecule has 0 saturated carbocycles. The number of thiophene rings is 2. The van der Waals surface area contributed by atoms with E-state index >= 15 is 0 Å². The largest absolute Gasteiger partial charge is 0.493 e. The maximum Gasteiger partial charge on any atom is 0.345 e. The molecule has 0 amide bonds. The maximum atomic E-state index is 12.1. The maximum absolute atomic E-state index is 12.1. The van der Waals surface area contributed by atoms with Gasteiger partial charge in [0.05, 0.1) is 76.3 Å². The number of H-pyrrole nitrogens is 2. The summed E-state index contributed by atoms with van der Waals surface area (Å²) in [6.45, 7) is 15.5. The lowest BCUT2D eigenvalue weighted by Crippen LogP contribution is -2.09. The van der Waals surface area contributed by atoms with Gasteiger partial charge in [-0.25, -0.2) is 14.8 Å². The van der Waals surface area contributed by atoms with Crippen LogP contribution in [0.4, 0.5) is 17.1 Å². The highest BCUT2D eigenvalue weighted by Gasteiger charge is 2.26. The number of aromatic nitrogens is 4. The molecule has 13 heteroatoms. The van der Waals surface area contributed by atoms with Crippen LogP contribution in [-0.4, -0.2) is 57.4 Å². The molecule has 0 unspecified atom stereocenters. The molecule has 7 heterocycles. The minimum absolute atomic E-state index is 0.304. The minimum Gasteiger partial charge on any atom is -0.493 e. The first-order valence-electron chi connectivity index (χ1n) is 39.4. The molecule has 0 aliphatic carbocycles. The van der Waals surface area contributed by atoms with E-state index in [9.17, 15) is 9.90 Å². The Balaban J connectivity index is 1.12. The van der Waals surface area contributed by atoms with Gasteiger partial charge in [-0.1, -0.05) is 228 Å². The molecular weight excluding hydrogens is 1350 g/mol. The molecule has 8 bridgehead atoms. The summed E-state index contributed by atoms with van der Waals surface area (Å²) >= 11 is 2.76. The fourth-order valence-electron chi connectivity index (χ4n) is 14.2. The van der Waals surface area contributed by atoms with Crippen LogP contribution < -0.4 is 23.8 Å². The zero-order chi connectivity index (χ0) is 73.4. The molecule has 3 N–H and O–H groups in total. The Labute approximate surface area is 636 Å². The molecule has 550 valence electrons. The molecule has 11 nitrogen and oxygen atoms in total. The average Bonchev–Trinajstić information content (AvgIpc) is 1.57. The van der Waals surface area contributed by atoms with Crippen LogP contribution >= 0.6 is 22.7 Å². The number of rotatable bonds is 39. The van der Waals surface area contributed by atoms with E-state index in [-0.39, 0.29) is 0 Å². The van der Waals surface area contributed by atoms with E-state index in [0.29, 0.717) is 48.3 Å². The van der Waals surface area contributed by atoms with Crippen LogP contribution in [0.5, 0.6) is 23.0 Å². The number of ether oxygens (including phenoxy) is 4. The van der Waals surface area contributed by atoms with Gasteiger partial charge < -0.3 is 38.9 Å². The fraction of sp³-hybridized carbons (Fsp3) is 0.366. The van der Waals surface area contributed by atoms with E-state index in [1.165, 1.54) is 137 Å². The topological polar surface area (TPSA) is 135 Å². The summed E-state index contributed by atoms with van der Waals surface area (Å²) in [5.41, 5.74) is 17.5. The second-order valence-corrected chi connectivity index (χ2v) is 30.5. The Morgan fingerprint density at radius 2 is 0.755 bits per heavy atom. The number of carboxylic acids is 1. The third-order valence-electron chi connectivity index (χ3n) is 20.0. The second kappa shape index (κ2) is 38.6. The van der Waals surface area contributed by atoms with E-state index in [1.807, 2.05) is 6.07 Å². The van der Waals surface area contributed by atoms with Gasteiger partial charge in [-0.2, -0.15) is 0 Å². The zero-order valence-corrected chi connectivity index (χ0v) is 64.7. The van der Waals surface area contributed by atoms with Crippen molar-refractivity contribution >= 4 is 101 Å². The van der Waals surface area contributed by atoms with Gasteiger partial charge in [-0.3, -0.25) is 0 Å². The Hall–Kier alpha value is -9.61. The molecule has 10 aromatic rings. The van der Waals surface area contributed by atoms with E-state index in [2.05, 4.69) is 226 Å². The molecule has 5 aromatic carbocycles. The van der Waals surface area contributed by atoms with Gasteiger partial charge in [-0.05, 0) is 166 Å². The number of carbonyl (C=O) groups is 1. The fourth-order valence-corrected chi connectivity index (χ4v) is 16.2. The number of nitrogens with zero attached hydrogens (tertiary/aromatic N) is 3. The van der Waals surface area contributed by atoms with Crippen LogP contribution in [0.3, 0.4) is 0 Å². The number of benzene rings is 5. The highest BCUT2D eigenvalue weighted by Crippen LogP contribution is 2.47. The Morgan fingerprint density at radius 3 is 1.18 bits per heavy atom. The smallest absolute Gasteiger partial charge is 0.345 e. The Morgan fingerprint density at radius 1 is 0.396 bits per heavy atom. The number of carboxylic acid groups (broad SMARTS) is 1. The lowest BCUT2D eigenvalue weighted by Gasteiger charge is -2.26. The number of aromatic carboxylic acids is 1. The van der Waals surface area contributed by atoms with E-state index in [1.54, 1.807) is 6.07 Å². The van der Waals surface area contributed by atoms with Crippen molar-refractivity contribution in [3.8, 4) is 68.2 Å². The Kier molecular flexibility index (Phi) is 27.7. The molecule has 0 atom stereocenters. The van der Waals surface area contributed by atoms with Gasteiger partial charge in [-0.15, -0.1) is 22.7 Å². The van der Waals surface area contributed by atoms with Crippen LogP contribution in [0.1, 0.15) is 236 Å². The summed E-state index contributed by atoms with van der Waals surface area (Å²) in [7, 11) is 0. The van der Waals surface area contributed by atoms with Crippen molar-refractivity contribution in [3.63, 3.8) is 0 Å². The molecule has 5 aromatic heterocycles. The normalized spacial score (nSPS) is 11.7. The van der Waals surface area contributed by atoms with Crippen LogP contribution in [0, 0.1) is 25.7 Å². The van der Waals surface area contributed by atoms with Gasteiger partial charge in [0.15, 0.2) is 0 Å². The van der Waals surface area contributed by atoms with Gasteiger partial charge in [0, 0.05) is 59.7 Å². The van der Waals surface area contributed by atoms with Crippen molar-refractivity contribution in [2.75, 3.05) is 31.3 Å². The lowest BCUT2D eigenvalue weighted by atomic mass is 10.0. The SMILES string of the molecule is CCCCCCCCOc1cccc(OCCCCCCCC)c1-c1c2nc(c(-c3ccc(N(c4ccc(C)cc4)c4ccc(C)cc4)cc3)c3ccc([nH]3)c(-c3c(OCCCCCCCC)cccc3OCCCCCCCC)c3nc(c(C#Cc4cc5sc(C(=O)O)cc5s4)c4ccc1[nH]4)C=C3)C=C2. The predicted molar refractivity (Wildman–Crippen MR) is 447 cm³/mol. The quantitative estimate of drug-likeness (QED) is 0.0254. The van der Waals surface area contributed by atoms with Crippen LogP contribution in [0.15, 0.2) is 146 Å². The standard InChI is InChI=1S/C93H105N5O6S2/c1-7-11-15-19-23-27-59-101-81-33-31-34-82(102-60-28-24-20-16-12-8-2)91(81)89-77-53-51-73(94-77)72(50-49-71-63-85-86(105-71)64-87(106-85)93(99)100)74-52-54-78(95-74)90(92-83(103-61-29-25-21-17-13-9-3)35-32-36-84(92)104-62-30-26-22-18-14-10-4)80-58-56-76(97-80)88(75-55-57-79(89)96-75)67-41-47-70(48-42-67)98(68-43-37-65(5)38-44-68)69-45-39-66(6)40-46-69/h31-48,51-58,63-64,94,97H,7-30,59-62H2,1-6H3,(H,99,100). The molecule has 0 radical (unpaired) electrons. The van der Waals surface area contributed by atoms with Gasteiger partial charge in [0.1, 0.15) is 27.9 Å². The lowest BCUT2D eigenvalue weighted by molar-refractivity contribution is 0.0702. The predicted octanol–water partition coefficient (Wildman–Crippen LogP) is 27.1. The Bertz CT molecular complexity index is 4640. The van der Waals surface area contributed by atoms with Gasteiger partial charge in [0.25, 0.3) is 0 Å². The van der Waals surface area contributed by atoms with Crippen molar-refractivity contribution in [2.45, 2.75) is 196 Å². The summed E-state index contributed by atoms with van der Waals surface area (Å²) in [6, 6.07) is 51.2. The minimum atomic E-state index is -0.935. The van der Waals surface area contributed by atoms with Crippen molar-refractivity contribution in [3.05, 3.63) is 195 Å². The average molecular weight is 1450 g/mol. The van der Waals surface area contributed by atoms with E-state index in [0.717, 1.165) is 173 Å². The molecule has 106 heavy (non-hydrogen) atoms. The van der Waals surface area contributed by atoms with Crippen LogP contribution in [0.2, 0.25) is 0 Å². The summed E-state index contributed by atoms with van der Waals surface area (Å²) in [6.07, 6.45) is 35.8. The van der Waals surface area contributed by atoms with Crippen LogP contribution in [0.25, 0.3) is 89.2 Å². The highest BCUT2D eigenvalue weighted by molar-refractivity contribution is 7.28. The van der Waals surface area contributed by atoms with E-state index in [4.69, 9.17) is 28.9 Å². The zero-order valence-electron chi connectivity index (χ0n) is 63.1. The molecule has 2 aliphatic heterocycles. The summed E-state index contributed by atoms with van der Waals surface area (Å²) in [4.78, 5) is 35.2. The third-order valence-corrected chi connectivity index (χ3v) is 22.2. The van der Waals surface area contributed by atoms with Crippen molar-refractivity contribution in [2.24, 2.45) is 0 Å². The highest BCUT2D eigenvalue weighted by atomic mass is 32.1. The van der Waals surface area contributed by atoms with Crippen molar-refractivity contribution in [1.29, 1.82) is 0 Å². The first-order chi connectivity index (χ1) is 52.1. The van der Waals surface area contributed by atoms with E-state index < -0.39 is 5.97 Å². The van der Waals surface area contributed by atoms with Gasteiger partial charge in [0.2, 0.25) is 0 Å².